The first-order chi connectivity index (χ1) is 9.21. The highest BCUT2D eigenvalue weighted by Gasteiger charge is 2.18. The smallest absolute Gasteiger partial charge is 0.203 e. The largest absolute Gasteiger partial charge is 0.493 e. The summed E-state index contributed by atoms with van der Waals surface area (Å²) in [6.45, 7) is 0.289. The van der Waals surface area contributed by atoms with Gasteiger partial charge in [0.05, 0.1) is 34.0 Å². The van der Waals surface area contributed by atoms with Crippen molar-refractivity contribution in [1.29, 1.82) is 5.26 Å². The molecule has 0 aliphatic rings. The second-order valence-corrected chi connectivity index (χ2v) is 3.70. The number of ether oxygens (including phenoxy) is 3. The Hall–Kier alpha value is -1.97. The zero-order chi connectivity index (χ0) is 14.3. The van der Waals surface area contributed by atoms with E-state index in [1.165, 1.54) is 21.3 Å². The van der Waals surface area contributed by atoms with Gasteiger partial charge >= 0.3 is 0 Å². The minimum Gasteiger partial charge on any atom is -0.493 e. The Balaban J connectivity index is 3.17. The van der Waals surface area contributed by atoms with Gasteiger partial charge in [0.2, 0.25) is 5.75 Å². The quantitative estimate of drug-likeness (QED) is 0.761. The summed E-state index contributed by atoms with van der Waals surface area (Å²) in [5.41, 5.74) is 0.686. The lowest BCUT2D eigenvalue weighted by Gasteiger charge is -2.17. The van der Waals surface area contributed by atoms with Crippen LogP contribution in [0.2, 0.25) is 0 Å². The first kappa shape index (κ1) is 15.1. The van der Waals surface area contributed by atoms with Crippen LogP contribution in [0, 0.1) is 11.3 Å². The molecule has 0 saturated heterocycles. The molecule has 19 heavy (non-hydrogen) atoms. The zero-order valence-corrected chi connectivity index (χ0v) is 11.3. The Morgan fingerprint density at radius 3 is 2.16 bits per heavy atom. The molecule has 0 spiro atoms. The molecule has 0 fully saturated rings. The Bertz CT molecular complexity index is 431. The van der Waals surface area contributed by atoms with E-state index in [9.17, 15) is 0 Å². The Kier molecular flexibility index (Phi) is 5.93. The summed E-state index contributed by atoms with van der Waals surface area (Å²) < 4.78 is 15.7. The second-order valence-electron chi connectivity index (χ2n) is 3.70. The molecule has 6 heteroatoms. The van der Waals surface area contributed by atoms with Crippen molar-refractivity contribution in [1.82, 2.24) is 5.32 Å². The summed E-state index contributed by atoms with van der Waals surface area (Å²) in [5, 5.41) is 20.9. The van der Waals surface area contributed by atoms with Crippen LogP contribution in [-0.2, 0) is 0 Å². The lowest BCUT2D eigenvalue weighted by molar-refractivity contribution is 0.289. The standard InChI is InChI=1S/C13H18N2O4/c1-17-11-6-9(10(8-14)15-4-5-16)7-12(18-2)13(11)19-3/h6-7,10,15-16H,4-5H2,1-3H3. The van der Waals surface area contributed by atoms with Crippen molar-refractivity contribution < 1.29 is 19.3 Å². The molecule has 0 aliphatic carbocycles. The molecular formula is C13H18N2O4. The van der Waals surface area contributed by atoms with E-state index in [1.54, 1.807) is 12.1 Å². The van der Waals surface area contributed by atoms with E-state index in [-0.39, 0.29) is 6.61 Å². The fourth-order valence-corrected chi connectivity index (χ4v) is 1.71. The Morgan fingerprint density at radius 2 is 1.79 bits per heavy atom. The molecule has 0 radical (unpaired) electrons. The van der Waals surface area contributed by atoms with Crippen LogP contribution in [0.1, 0.15) is 11.6 Å². The van der Waals surface area contributed by atoms with Crippen LogP contribution in [-0.4, -0.2) is 39.6 Å². The second kappa shape index (κ2) is 7.46. The molecule has 1 unspecified atom stereocenters. The average Bonchev–Trinajstić information content (AvgIpc) is 2.46. The van der Waals surface area contributed by atoms with Gasteiger partial charge in [-0.2, -0.15) is 5.26 Å². The van der Waals surface area contributed by atoms with Gasteiger partial charge in [0.15, 0.2) is 11.5 Å². The van der Waals surface area contributed by atoms with E-state index >= 15 is 0 Å². The van der Waals surface area contributed by atoms with Crippen LogP contribution < -0.4 is 19.5 Å². The lowest BCUT2D eigenvalue weighted by atomic mass is 10.1. The highest BCUT2D eigenvalue weighted by atomic mass is 16.5. The number of aliphatic hydroxyl groups is 1. The summed E-state index contributed by atoms with van der Waals surface area (Å²) in [6, 6.07) is 4.98. The summed E-state index contributed by atoms with van der Waals surface area (Å²) >= 11 is 0. The number of nitriles is 1. The minimum absolute atomic E-state index is 0.0391. The molecule has 0 saturated carbocycles. The summed E-state index contributed by atoms with van der Waals surface area (Å²) in [5.74, 6) is 1.46. The normalized spacial score (nSPS) is 11.5. The number of rotatable bonds is 7. The zero-order valence-electron chi connectivity index (χ0n) is 11.3. The van der Waals surface area contributed by atoms with Gasteiger partial charge in [0, 0.05) is 6.54 Å². The number of nitrogens with zero attached hydrogens (tertiary/aromatic N) is 1. The fourth-order valence-electron chi connectivity index (χ4n) is 1.71. The van der Waals surface area contributed by atoms with Crippen LogP contribution in [0.3, 0.4) is 0 Å². The van der Waals surface area contributed by atoms with Gasteiger partial charge in [-0.15, -0.1) is 0 Å². The van der Waals surface area contributed by atoms with Crippen molar-refractivity contribution in [3.8, 4) is 23.3 Å². The van der Waals surface area contributed by atoms with Crippen LogP contribution in [0.25, 0.3) is 0 Å². The third kappa shape index (κ3) is 3.50. The molecule has 1 rings (SSSR count). The molecule has 6 nitrogen and oxygen atoms in total. The topological polar surface area (TPSA) is 83.7 Å². The van der Waals surface area contributed by atoms with Gasteiger partial charge < -0.3 is 19.3 Å². The summed E-state index contributed by atoms with van der Waals surface area (Å²) in [4.78, 5) is 0. The predicted octanol–water partition coefficient (Wildman–Crippen LogP) is 0.859. The predicted molar refractivity (Wildman–Crippen MR) is 69.5 cm³/mol. The molecule has 0 bridgehead atoms. The van der Waals surface area contributed by atoms with Crippen molar-refractivity contribution in [3.63, 3.8) is 0 Å². The average molecular weight is 266 g/mol. The third-order valence-corrected chi connectivity index (χ3v) is 2.61. The number of hydrogen-bond acceptors (Lipinski definition) is 6. The number of methoxy groups -OCH3 is 3. The van der Waals surface area contributed by atoms with Crippen molar-refractivity contribution in [2.24, 2.45) is 0 Å². The SMILES string of the molecule is COc1cc(C(C#N)NCCO)cc(OC)c1OC. The molecule has 0 aromatic heterocycles. The highest BCUT2D eigenvalue weighted by molar-refractivity contribution is 5.55. The molecule has 2 N–H and O–H groups in total. The van der Waals surface area contributed by atoms with Crippen molar-refractivity contribution in [3.05, 3.63) is 17.7 Å². The van der Waals surface area contributed by atoms with Gasteiger partial charge in [-0.1, -0.05) is 0 Å². The van der Waals surface area contributed by atoms with Gasteiger partial charge in [0.1, 0.15) is 6.04 Å². The third-order valence-electron chi connectivity index (χ3n) is 2.61. The van der Waals surface area contributed by atoms with Gasteiger partial charge in [-0.25, -0.2) is 0 Å². The maximum absolute atomic E-state index is 9.15. The van der Waals surface area contributed by atoms with Crippen LogP contribution in [0.15, 0.2) is 12.1 Å². The number of aliphatic hydroxyl groups excluding tert-OH is 1. The van der Waals surface area contributed by atoms with Crippen molar-refractivity contribution >= 4 is 0 Å². The van der Waals surface area contributed by atoms with Crippen molar-refractivity contribution in [2.75, 3.05) is 34.5 Å². The maximum atomic E-state index is 9.15. The van der Waals surface area contributed by atoms with E-state index < -0.39 is 6.04 Å². The minimum atomic E-state index is -0.555. The molecular weight excluding hydrogens is 248 g/mol. The van der Waals surface area contributed by atoms with Gasteiger partial charge in [0.25, 0.3) is 0 Å². The molecule has 0 heterocycles. The molecule has 104 valence electrons. The molecule has 0 amide bonds. The van der Waals surface area contributed by atoms with Gasteiger partial charge in [-0.3, -0.25) is 5.32 Å². The van der Waals surface area contributed by atoms with E-state index in [4.69, 9.17) is 24.6 Å². The number of benzene rings is 1. The molecule has 0 aliphatic heterocycles. The summed E-state index contributed by atoms with van der Waals surface area (Å²) in [7, 11) is 4.55. The van der Waals surface area contributed by atoms with Crippen molar-refractivity contribution in [2.45, 2.75) is 6.04 Å². The van der Waals surface area contributed by atoms with Crippen LogP contribution in [0.4, 0.5) is 0 Å². The fraction of sp³-hybridized carbons (Fsp3) is 0.462. The molecule has 1 aromatic rings. The van der Waals surface area contributed by atoms with Gasteiger partial charge in [-0.05, 0) is 17.7 Å². The Labute approximate surface area is 112 Å². The van der Waals surface area contributed by atoms with Crippen LogP contribution in [0.5, 0.6) is 17.2 Å². The van der Waals surface area contributed by atoms with E-state index in [0.29, 0.717) is 29.4 Å². The maximum Gasteiger partial charge on any atom is 0.203 e. The summed E-state index contributed by atoms with van der Waals surface area (Å²) in [6.07, 6.45) is 0. The van der Waals surface area contributed by atoms with Crippen LogP contribution >= 0.6 is 0 Å². The lowest BCUT2D eigenvalue weighted by Crippen LogP contribution is -2.23. The first-order valence-corrected chi connectivity index (χ1v) is 5.75. The monoisotopic (exact) mass is 266 g/mol. The Morgan fingerprint density at radius 1 is 1.21 bits per heavy atom. The van der Waals surface area contributed by atoms with E-state index in [1.807, 2.05) is 0 Å². The van der Waals surface area contributed by atoms with E-state index in [0.717, 1.165) is 0 Å². The molecule has 1 atom stereocenters. The highest BCUT2D eigenvalue weighted by Crippen LogP contribution is 2.39. The number of nitrogens with one attached hydrogen (secondary N) is 1. The number of hydrogen-bond donors (Lipinski definition) is 2. The first-order valence-electron chi connectivity index (χ1n) is 5.75. The van der Waals surface area contributed by atoms with E-state index in [2.05, 4.69) is 11.4 Å². The molecule has 1 aromatic carbocycles.